The van der Waals surface area contributed by atoms with Crippen LogP contribution >= 0.6 is 12.4 Å². The Balaban J connectivity index is 0.00000441. The minimum Gasteiger partial charge on any atom is -0.496 e. The molecule has 3 N–H and O–H groups in total. The number of amides is 3. The van der Waals surface area contributed by atoms with Gasteiger partial charge >= 0.3 is 0 Å². The Morgan fingerprint density at radius 2 is 1.62 bits per heavy atom. The number of nitrogens with zero attached hydrogens (tertiary/aromatic N) is 1. The fourth-order valence-electron chi connectivity index (χ4n) is 5.06. The molecule has 3 aromatic rings. The van der Waals surface area contributed by atoms with E-state index in [1.165, 1.54) is 19.4 Å². The van der Waals surface area contributed by atoms with E-state index in [0.29, 0.717) is 19.6 Å². The van der Waals surface area contributed by atoms with Gasteiger partial charge in [-0.1, -0.05) is 48.5 Å². The zero-order valence-corrected chi connectivity index (χ0v) is 23.9. The van der Waals surface area contributed by atoms with E-state index in [0.717, 1.165) is 34.5 Å². The van der Waals surface area contributed by atoms with Crippen LogP contribution in [-0.4, -0.2) is 55.4 Å². The first-order chi connectivity index (χ1) is 18.8. The van der Waals surface area contributed by atoms with Crippen LogP contribution in [-0.2, 0) is 20.9 Å². The van der Waals surface area contributed by atoms with E-state index < -0.39 is 0 Å². The molecule has 4 rings (SSSR count). The molecule has 8 nitrogen and oxygen atoms in total. The molecule has 1 saturated heterocycles. The second-order valence-corrected chi connectivity index (χ2v) is 9.83. The number of piperidine rings is 1. The van der Waals surface area contributed by atoms with Gasteiger partial charge in [0.1, 0.15) is 5.75 Å². The van der Waals surface area contributed by atoms with Crippen molar-refractivity contribution < 1.29 is 19.1 Å². The fourth-order valence-corrected chi connectivity index (χ4v) is 5.06. The van der Waals surface area contributed by atoms with Crippen molar-refractivity contribution in [2.24, 2.45) is 0 Å². The van der Waals surface area contributed by atoms with E-state index >= 15 is 0 Å². The van der Waals surface area contributed by atoms with Crippen LogP contribution in [0.15, 0.2) is 72.8 Å². The summed E-state index contributed by atoms with van der Waals surface area (Å²) in [5.74, 6) is 0.539. The first-order valence-electron chi connectivity index (χ1n) is 13.2. The number of hydrogen-bond donors (Lipinski definition) is 3. The van der Waals surface area contributed by atoms with Crippen LogP contribution < -0.4 is 20.7 Å². The predicted octanol–water partition coefficient (Wildman–Crippen LogP) is 4.35. The lowest BCUT2D eigenvalue weighted by Crippen LogP contribution is -2.51. The van der Waals surface area contributed by atoms with E-state index in [2.05, 4.69) is 34.1 Å². The molecule has 0 saturated carbocycles. The summed E-state index contributed by atoms with van der Waals surface area (Å²) in [5, 5.41) is 9.16. The third-order valence-corrected chi connectivity index (χ3v) is 7.06. The number of methoxy groups -OCH3 is 1. The minimum atomic E-state index is -0.209. The number of likely N-dealkylation sites (tertiary alicyclic amines) is 1. The third kappa shape index (κ3) is 8.07. The first-order valence-corrected chi connectivity index (χ1v) is 13.2. The summed E-state index contributed by atoms with van der Waals surface area (Å²) < 4.78 is 5.67. The van der Waals surface area contributed by atoms with Gasteiger partial charge in [-0.2, -0.15) is 0 Å². The van der Waals surface area contributed by atoms with E-state index in [-0.39, 0.29) is 48.6 Å². The number of ether oxygens (including phenoxy) is 1. The molecule has 40 heavy (non-hydrogen) atoms. The predicted molar refractivity (Wildman–Crippen MR) is 160 cm³/mol. The highest BCUT2D eigenvalue weighted by atomic mass is 35.5. The van der Waals surface area contributed by atoms with Gasteiger partial charge in [0.2, 0.25) is 17.7 Å². The Kier molecular flexibility index (Phi) is 11.1. The Bertz CT molecular complexity index is 1300. The van der Waals surface area contributed by atoms with Gasteiger partial charge in [-0.15, -0.1) is 12.4 Å². The second-order valence-electron chi connectivity index (χ2n) is 9.83. The molecule has 0 aromatic heterocycles. The van der Waals surface area contributed by atoms with Crippen molar-refractivity contribution in [1.82, 2.24) is 15.5 Å². The van der Waals surface area contributed by atoms with Crippen molar-refractivity contribution in [3.8, 4) is 16.9 Å². The van der Waals surface area contributed by atoms with Gasteiger partial charge in [0.15, 0.2) is 0 Å². The molecule has 1 fully saturated rings. The standard InChI is InChI=1S/C31H36N4O4.ClH/c1-21(36)32-19-31(38)35-16-15-29(28(20-35)24-7-5-4-6-8-24)33-18-26-17-25(11-14-30(26)39-3)23-9-12-27(13-10-23)34-22(2)37;/h4-14,17,28-29,33H,15-16,18-20H2,1-3H3,(H,32,36)(H,34,37);1H/t28-,29-;/m0./s1. The fraction of sp³-hybridized carbons (Fsp3) is 0.323. The molecule has 1 heterocycles. The summed E-state index contributed by atoms with van der Waals surface area (Å²) in [5.41, 5.74) is 5.07. The molecule has 0 spiro atoms. The Labute approximate surface area is 241 Å². The van der Waals surface area contributed by atoms with Crippen LogP contribution in [0.5, 0.6) is 5.75 Å². The van der Waals surface area contributed by atoms with E-state index in [1.54, 1.807) is 7.11 Å². The maximum Gasteiger partial charge on any atom is 0.241 e. The highest BCUT2D eigenvalue weighted by Gasteiger charge is 2.32. The van der Waals surface area contributed by atoms with E-state index in [4.69, 9.17) is 4.74 Å². The highest BCUT2D eigenvalue weighted by molar-refractivity contribution is 5.89. The van der Waals surface area contributed by atoms with E-state index in [9.17, 15) is 14.4 Å². The van der Waals surface area contributed by atoms with Crippen LogP contribution in [0.2, 0.25) is 0 Å². The zero-order chi connectivity index (χ0) is 27.8. The largest absolute Gasteiger partial charge is 0.496 e. The molecule has 0 unspecified atom stereocenters. The number of halogens is 1. The molecule has 0 radical (unpaired) electrons. The summed E-state index contributed by atoms with van der Waals surface area (Å²) in [7, 11) is 1.67. The van der Waals surface area contributed by atoms with Crippen LogP contribution in [0, 0.1) is 0 Å². The highest BCUT2D eigenvalue weighted by Crippen LogP contribution is 2.30. The first kappa shape index (κ1) is 30.7. The Morgan fingerprint density at radius 3 is 2.27 bits per heavy atom. The Hall–Kier alpha value is -3.88. The van der Waals surface area contributed by atoms with Crippen molar-refractivity contribution in [1.29, 1.82) is 0 Å². The number of anilines is 1. The van der Waals surface area contributed by atoms with Crippen LogP contribution in [0.3, 0.4) is 0 Å². The van der Waals surface area contributed by atoms with Gasteiger partial charge in [0.05, 0.1) is 13.7 Å². The lowest BCUT2D eigenvalue weighted by molar-refractivity contribution is -0.133. The summed E-state index contributed by atoms with van der Waals surface area (Å²) in [4.78, 5) is 37.2. The minimum absolute atomic E-state index is 0. The maximum atomic E-state index is 12.7. The monoisotopic (exact) mass is 564 g/mol. The molecule has 0 bridgehead atoms. The average molecular weight is 565 g/mol. The molecule has 1 aliphatic rings. The lowest BCUT2D eigenvalue weighted by atomic mass is 9.85. The van der Waals surface area contributed by atoms with Crippen LogP contribution in [0.1, 0.15) is 37.3 Å². The molecule has 9 heteroatoms. The number of carbonyl (C=O) groups is 3. The third-order valence-electron chi connectivity index (χ3n) is 7.06. The number of rotatable bonds is 9. The second kappa shape index (κ2) is 14.5. The molecule has 212 valence electrons. The number of carbonyl (C=O) groups excluding carboxylic acids is 3. The van der Waals surface area contributed by atoms with Gasteiger partial charge in [0.25, 0.3) is 0 Å². The normalized spacial score (nSPS) is 16.4. The lowest BCUT2D eigenvalue weighted by Gasteiger charge is -2.39. The van der Waals surface area contributed by atoms with Crippen molar-refractivity contribution in [3.05, 3.63) is 83.9 Å². The summed E-state index contributed by atoms with van der Waals surface area (Å²) in [6.07, 6.45) is 0.790. The smallest absolute Gasteiger partial charge is 0.241 e. The molecular weight excluding hydrogens is 528 g/mol. The van der Waals surface area contributed by atoms with Gasteiger partial charge in [0, 0.05) is 56.7 Å². The molecule has 1 aliphatic heterocycles. The molecule has 3 aromatic carbocycles. The molecule has 0 aliphatic carbocycles. The Morgan fingerprint density at radius 1 is 0.925 bits per heavy atom. The topological polar surface area (TPSA) is 99.8 Å². The number of nitrogens with one attached hydrogen (secondary N) is 3. The van der Waals surface area contributed by atoms with Crippen molar-refractivity contribution in [2.45, 2.75) is 38.8 Å². The van der Waals surface area contributed by atoms with Crippen LogP contribution in [0.25, 0.3) is 11.1 Å². The summed E-state index contributed by atoms with van der Waals surface area (Å²) in [6.45, 7) is 4.74. The van der Waals surface area contributed by atoms with Gasteiger partial charge in [-0.3, -0.25) is 14.4 Å². The molecular formula is C31H37ClN4O4. The van der Waals surface area contributed by atoms with Crippen molar-refractivity contribution in [3.63, 3.8) is 0 Å². The number of hydrogen-bond acceptors (Lipinski definition) is 5. The maximum absolute atomic E-state index is 12.7. The number of benzene rings is 3. The van der Waals surface area contributed by atoms with Gasteiger partial charge < -0.3 is 25.6 Å². The molecule has 2 atom stereocenters. The van der Waals surface area contributed by atoms with Crippen LogP contribution in [0.4, 0.5) is 5.69 Å². The van der Waals surface area contributed by atoms with Gasteiger partial charge in [-0.05, 0) is 47.4 Å². The average Bonchev–Trinajstić information content (AvgIpc) is 2.95. The van der Waals surface area contributed by atoms with Gasteiger partial charge in [-0.25, -0.2) is 0 Å². The van der Waals surface area contributed by atoms with Crippen molar-refractivity contribution >= 4 is 35.8 Å². The summed E-state index contributed by atoms with van der Waals surface area (Å²) in [6, 6.07) is 24.3. The van der Waals surface area contributed by atoms with Crippen molar-refractivity contribution in [2.75, 3.05) is 32.1 Å². The SMILES string of the molecule is COc1ccc(-c2ccc(NC(C)=O)cc2)cc1CN[C@H]1CCN(C(=O)CNC(C)=O)C[C@H]1c1ccccc1.Cl. The molecule has 3 amide bonds. The zero-order valence-electron chi connectivity index (χ0n) is 23.1. The summed E-state index contributed by atoms with van der Waals surface area (Å²) >= 11 is 0. The quantitative estimate of drug-likeness (QED) is 0.359. The van der Waals surface area contributed by atoms with E-state index in [1.807, 2.05) is 59.5 Å².